The molecule has 1 aliphatic carbocycles. The molecule has 1 saturated carbocycles. The molecule has 4 heteroatoms. The molecule has 2 rings (SSSR count). The van der Waals surface area contributed by atoms with Crippen LogP contribution in [0.2, 0.25) is 5.02 Å². The van der Waals surface area contributed by atoms with Crippen LogP contribution in [0.15, 0.2) is 24.3 Å². The predicted molar refractivity (Wildman–Crippen MR) is 71.9 cm³/mol. The number of benzene rings is 1. The first-order valence-corrected chi connectivity index (χ1v) is 6.65. The number of nitrogens with one attached hydrogen (secondary N) is 1. The zero-order valence-electron chi connectivity index (χ0n) is 10.5. The van der Waals surface area contributed by atoms with E-state index in [1.165, 1.54) is 26.4 Å². The highest BCUT2D eigenvalue weighted by atomic mass is 35.5. The van der Waals surface area contributed by atoms with Crippen molar-refractivity contribution in [3.05, 3.63) is 34.9 Å². The Morgan fingerprint density at radius 1 is 1.44 bits per heavy atom. The van der Waals surface area contributed by atoms with E-state index in [9.17, 15) is 4.79 Å². The van der Waals surface area contributed by atoms with Crippen LogP contribution in [0.25, 0.3) is 0 Å². The van der Waals surface area contributed by atoms with Crippen LogP contribution >= 0.6 is 11.6 Å². The average Bonchev–Trinajstić information content (AvgIpc) is 2.33. The van der Waals surface area contributed by atoms with Crippen molar-refractivity contribution in [2.75, 3.05) is 13.7 Å². The lowest BCUT2D eigenvalue weighted by Gasteiger charge is -2.28. The van der Waals surface area contributed by atoms with Crippen molar-refractivity contribution >= 4 is 17.6 Å². The van der Waals surface area contributed by atoms with Crippen LogP contribution in [0.5, 0.6) is 0 Å². The third-order valence-electron chi connectivity index (χ3n) is 3.47. The maximum Gasteiger partial charge on any atom is 0.314 e. The van der Waals surface area contributed by atoms with Crippen molar-refractivity contribution in [3.8, 4) is 0 Å². The molecule has 0 spiro atoms. The van der Waals surface area contributed by atoms with Crippen molar-refractivity contribution in [1.29, 1.82) is 0 Å². The van der Waals surface area contributed by atoms with Gasteiger partial charge in [0.1, 0.15) is 0 Å². The Hall–Kier alpha value is -1.06. The van der Waals surface area contributed by atoms with Gasteiger partial charge >= 0.3 is 5.97 Å². The fourth-order valence-electron chi connectivity index (χ4n) is 2.07. The molecule has 1 aromatic carbocycles. The van der Waals surface area contributed by atoms with Crippen LogP contribution in [0.3, 0.4) is 0 Å². The topological polar surface area (TPSA) is 38.3 Å². The number of esters is 1. The SMILES string of the molecule is COC(=O)C(CNC1CCC1)c1ccc(Cl)cc1. The van der Waals surface area contributed by atoms with Gasteiger partial charge in [0.15, 0.2) is 0 Å². The Bertz CT molecular complexity index is 401. The summed E-state index contributed by atoms with van der Waals surface area (Å²) < 4.78 is 4.87. The number of hydrogen-bond acceptors (Lipinski definition) is 3. The predicted octanol–water partition coefficient (Wildman–Crippen LogP) is 2.74. The highest BCUT2D eigenvalue weighted by molar-refractivity contribution is 6.30. The fraction of sp³-hybridized carbons (Fsp3) is 0.500. The van der Waals surface area contributed by atoms with Gasteiger partial charge in [-0.25, -0.2) is 0 Å². The highest BCUT2D eigenvalue weighted by Crippen LogP contribution is 2.22. The van der Waals surface area contributed by atoms with E-state index in [2.05, 4.69) is 5.32 Å². The van der Waals surface area contributed by atoms with Gasteiger partial charge in [-0.2, -0.15) is 0 Å². The average molecular weight is 268 g/mol. The van der Waals surface area contributed by atoms with Crippen molar-refractivity contribution in [3.63, 3.8) is 0 Å². The van der Waals surface area contributed by atoms with E-state index in [1.54, 1.807) is 12.1 Å². The van der Waals surface area contributed by atoms with E-state index in [0.29, 0.717) is 17.6 Å². The summed E-state index contributed by atoms with van der Waals surface area (Å²) in [4.78, 5) is 11.8. The van der Waals surface area contributed by atoms with Gasteiger partial charge in [0.2, 0.25) is 0 Å². The zero-order valence-corrected chi connectivity index (χ0v) is 11.2. The van der Waals surface area contributed by atoms with E-state index >= 15 is 0 Å². The second kappa shape index (κ2) is 6.21. The van der Waals surface area contributed by atoms with Crippen molar-refractivity contribution in [2.45, 2.75) is 31.2 Å². The van der Waals surface area contributed by atoms with Gasteiger partial charge in [0.25, 0.3) is 0 Å². The number of hydrogen-bond donors (Lipinski definition) is 1. The first kappa shape index (κ1) is 13.4. The molecule has 0 aromatic heterocycles. The summed E-state index contributed by atoms with van der Waals surface area (Å²) in [6, 6.07) is 7.93. The normalized spacial score (nSPS) is 17.0. The lowest BCUT2D eigenvalue weighted by atomic mass is 9.91. The van der Waals surface area contributed by atoms with Crippen LogP contribution in [0.4, 0.5) is 0 Å². The number of rotatable bonds is 5. The van der Waals surface area contributed by atoms with E-state index in [-0.39, 0.29) is 11.9 Å². The summed E-state index contributed by atoms with van der Waals surface area (Å²) >= 11 is 5.86. The van der Waals surface area contributed by atoms with Gasteiger partial charge in [-0.05, 0) is 30.5 Å². The zero-order chi connectivity index (χ0) is 13.0. The van der Waals surface area contributed by atoms with E-state index < -0.39 is 0 Å². The van der Waals surface area contributed by atoms with Gasteiger partial charge in [-0.3, -0.25) is 4.79 Å². The van der Waals surface area contributed by atoms with Crippen molar-refractivity contribution in [1.82, 2.24) is 5.32 Å². The molecule has 0 aliphatic heterocycles. The molecule has 0 saturated heterocycles. The number of carbonyl (C=O) groups excluding carboxylic acids is 1. The molecule has 0 heterocycles. The molecule has 18 heavy (non-hydrogen) atoms. The van der Waals surface area contributed by atoms with Crippen LogP contribution in [-0.4, -0.2) is 25.7 Å². The Morgan fingerprint density at radius 2 is 2.11 bits per heavy atom. The molecule has 1 fully saturated rings. The molecule has 98 valence electrons. The standard InChI is InChI=1S/C14H18ClNO2/c1-18-14(17)13(9-16-12-3-2-4-12)10-5-7-11(15)8-6-10/h5-8,12-13,16H,2-4,9H2,1H3. The number of carbonyl (C=O) groups is 1. The van der Waals surface area contributed by atoms with Gasteiger partial charge in [-0.15, -0.1) is 0 Å². The van der Waals surface area contributed by atoms with Gasteiger partial charge in [-0.1, -0.05) is 30.2 Å². The summed E-state index contributed by atoms with van der Waals surface area (Å²) in [5, 5.41) is 4.09. The smallest absolute Gasteiger partial charge is 0.314 e. The second-order valence-corrected chi connectivity index (χ2v) is 5.10. The quantitative estimate of drug-likeness (QED) is 0.834. The number of methoxy groups -OCH3 is 1. The molecule has 0 radical (unpaired) electrons. The molecule has 0 amide bonds. The Kier molecular flexibility index (Phi) is 4.61. The lowest BCUT2D eigenvalue weighted by molar-refractivity contribution is -0.142. The number of halogens is 1. The monoisotopic (exact) mass is 267 g/mol. The summed E-state index contributed by atoms with van der Waals surface area (Å²) in [5.74, 6) is -0.461. The van der Waals surface area contributed by atoms with Crippen LogP contribution in [0, 0.1) is 0 Å². The molecule has 1 atom stereocenters. The third-order valence-corrected chi connectivity index (χ3v) is 3.73. The Morgan fingerprint density at radius 3 is 2.61 bits per heavy atom. The molecular formula is C14H18ClNO2. The van der Waals surface area contributed by atoms with Gasteiger partial charge < -0.3 is 10.1 Å². The van der Waals surface area contributed by atoms with Crippen LogP contribution < -0.4 is 5.32 Å². The lowest BCUT2D eigenvalue weighted by Crippen LogP contribution is -2.39. The van der Waals surface area contributed by atoms with E-state index in [1.807, 2.05) is 12.1 Å². The maximum absolute atomic E-state index is 11.8. The third kappa shape index (κ3) is 3.24. The molecule has 1 N–H and O–H groups in total. The second-order valence-electron chi connectivity index (χ2n) is 4.66. The summed E-state index contributed by atoms with van der Waals surface area (Å²) in [5.41, 5.74) is 0.943. The van der Waals surface area contributed by atoms with Gasteiger partial charge in [0.05, 0.1) is 13.0 Å². The van der Waals surface area contributed by atoms with Crippen molar-refractivity contribution in [2.24, 2.45) is 0 Å². The van der Waals surface area contributed by atoms with Crippen LogP contribution in [-0.2, 0) is 9.53 Å². The van der Waals surface area contributed by atoms with Gasteiger partial charge in [0, 0.05) is 17.6 Å². The molecular weight excluding hydrogens is 250 g/mol. The molecule has 3 nitrogen and oxygen atoms in total. The van der Waals surface area contributed by atoms with E-state index in [0.717, 1.165) is 5.56 Å². The first-order valence-electron chi connectivity index (χ1n) is 6.27. The molecule has 1 aliphatic rings. The summed E-state index contributed by atoms with van der Waals surface area (Å²) in [6.07, 6.45) is 3.69. The number of ether oxygens (including phenoxy) is 1. The maximum atomic E-state index is 11.8. The molecule has 0 bridgehead atoms. The minimum atomic E-state index is -0.257. The summed E-state index contributed by atoms with van der Waals surface area (Å²) in [7, 11) is 1.43. The summed E-state index contributed by atoms with van der Waals surface area (Å²) in [6.45, 7) is 0.624. The molecule has 1 unspecified atom stereocenters. The Balaban J connectivity index is 2.03. The Labute approximate surface area is 112 Å². The van der Waals surface area contributed by atoms with Crippen molar-refractivity contribution < 1.29 is 9.53 Å². The fourth-order valence-corrected chi connectivity index (χ4v) is 2.20. The van der Waals surface area contributed by atoms with E-state index in [4.69, 9.17) is 16.3 Å². The highest BCUT2D eigenvalue weighted by Gasteiger charge is 2.24. The minimum absolute atomic E-state index is 0.204. The largest absolute Gasteiger partial charge is 0.469 e. The molecule has 1 aromatic rings. The van der Waals surface area contributed by atoms with Crippen LogP contribution in [0.1, 0.15) is 30.7 Å². The minimum Gasteiger partial charge on any atom is -0.469 e. The first-order chi connectivity index (χ1) is 8.70.